The Balaban J connectivity index is 2.48. The van der Waals surface area contributed by atoms with Gasteiger partial charge in [0.15, 0.2) is 0 Å². The molecule has 1 unspecified atom stereocenters. The number of aryl methyl sites for hydroxylation is 1. The van der Waals surface area contributed by atoms with Gasteiger partial charge in [0.05, 0.1) is 0 Å². The highest BCUT2D eigenvalue weighted by Crippen LogP contribution is 2.15. The van der Waals surface area contributed by atoms with Gasteiger partial charge in [-0.25, -0.2) is 0 Å². The van der Waals surface area contributed by atoms with Crippen molar-refractivity contribution in [1.82, 2.24) is 5.32 Å². The van der Waals surface area contributed by atoms with Crippen molar-refractivity contribution in [3.05, 3.63) is 29.8 Å². The molecule has 0 heterocycles. The molecule has 96 valence electrons. The van der Waals surface area contributed by atoms with E-state index in [-0.39, 0.29) is 0 Å². The van der Waals surface area contributed by atoms with E-state index in [1.54, 1.807) is 6.92 Å². The molecule has 3 nitrogen and oxygen atoms in total. The van der Waals surface area contributed by atoms with E-state index >= 15 is 0 Å². The van der Waals surface area contributed by atoms with E-state index in [1.165, 1.54) is 5.56 Å². The minimum absolute atomic E-state index is 0.299. The number of nitrogens with one attached hydrogen (secondary N) is 1. The zero-order valence-electron chi connectivity index (χ0n) is 11.0. The molecule has 2 N–H and O–H groups in total. The second kappa shape index (κ2) is 6.62. The van der Waals surface area contributed by atoms with E-state index in [0.29, 0.717) is 13.2 Å². The van der Waals surface area contributed by atoms with Gasteiger partial charge in [0.1, 0.15) is 18.0 Å². The predicted octanol–water partition coefficient (Wildman–Crippen LogP) is 1.99. The standard InChI is InChI=1S/C14H23NO2/c1-4-12-7-6-8-13(9-12)17-11-14(3,16)10-15-5-2/h6-9,15-16H,4-5,10-11H2,1-3H3. The first kappa shape index (κ1) is 14.0. The molecule has 1 aromatic carbocycles. The van der Waals surface area contributed by atoms with Crippen LogP contribution in [0, 0.1) is 0 Å². The lowest BCUT2D eigenvalue weighted by molar-refractivity contribution is 0.0127. The minimum Gasteiger partial charge on any atom is -0.491 e. The van der Waals surface area contributed by atoms with Crippen LogP contribution >= 0.6 is 0 Å². The number of hydrogen-bond donors (Lipinski definition) is 2. The number of ether oxygens (including phenoxy) is 1. The molecular weight excluding hydrogens is 214 g/mol. The van der Waals surface area contributed by atoms with Crippen LogP contribution in [0.5, 0.6) is 5.75 Å². The summed E-state index contributed by atoms with van der Waals surface area (Å²) in [6.45, 7) is 7.59. The molecule has 0 amide bonds. The third-order valence-electron chi connectivity index (χ3n) is 2.61. The summed E-state index contributed by atoms with van der Waals surface area (Å²) < 4.78 is 5.62. The maximum Gasteiger partial charge on any atom is 0.119 e. The van der Waals surface area contributed by atoms with Crippen molar-refractivity contribution in [1.29, 1.82) is 0 Å². The van der Waals surface area contributed by atoms with E-state index in [0.717, 1.165) is 18.7 Å². The molecular formula is C14H23NO2. The van der Waals surface area contributed by atoms with Gasteiger partial charge in [0, 0.05) is 6.54 Å². The lowest BCUT2D eigenvalue weighted by atomic mass is 10.1. The Hall–Kier alpha value is -1.06. The summed E-state index contributed by atoms with van der Waals surface area (Å²) >= 11 is 0. The van der Waals surface area contributed by atoms with E-state index in [4.69, 9.17) is 4.74 Å². The first-order valence-corrected chi connectivity index (χ1v) is 6.22. The third-order valence-corrected chi connectivity index (χ3v) is 2.61. The smallest absolute Gasteiger partial charge is 0.119 e. The van der Waals surface area contributed by atoms with Gasteiger partial charge in [-0.2, -0.15) is 0 Å². The number of rotatable bonds is 7. The molecule has 0 aromatic heterocycles. The third kappa shape index (κ3) is 5.20. The minimum atomic E-state index is -0.835. The van der Waals surface area contributed by atoms with E-state index in [9.17, 15) is 5.11 Å². The Morgan fingerprint density at radius 2 is 2.12 bits per heavy atom. The average molecular weight is 237 g/mol. The van der Waals surface area contributed by atoms with Crippen LogP contribution in [0.25, 0.3) is 0 Å². The number of benzene rings is 1. The fourth-order valence-corrected chi connectivity index (χ4v) is 1.54. The van der Waals surface area contributed by atoms with Gasteiger partial charge >= 0.3 is 0 Å². The molecule has 1 aromatic rings. The second-order valence-corrected chi connectivity index (χ2v) is 4.57. The van der Waals surface area contributed by atoms with Crippen molar-refractivity contribution in [2.75, 3.05) is 19.7 Å². The summed E-state index contributed by atoms with van der Waals surface area (Å²) in [5, 5.41) is 13.2. The summed E-state index contributed by atoms with van der Waals surface area (Å²) in [6.07, 6.45) is 0.991. The Kier molecular flexibility index (Phi) is 5.45. The molecule has 17 heavy (non-hydrogen) atoms. The highest BCUT2D eigenvalue weighted by Gasteiger charge is 2.20. The molecule has 3 heteroatoms. The summed E-state index contributed by atoms with van der Waals surface area (Å²) in [5.41, 5.74) is 0.409. The molecule has 0 saturated heterocycles. The summed E-state index contributed by atoms with van der Waals surface area (Å²) in [4.78, 5) is 0. The molecule has 0 aliphatic heterocycles. The highest BCUT2D eigenvalue weighted by molar-refractivity contribution is 5.28. The van der Waals surface area contributed by atoms with E-state index in [2.05, 4.69) is 18.3 Å². The summed E-state index contributed by atoms with van der Waals surface area (Å²) in [5.74, 6) is 0.820. The quantitative estimate of drug-likeness (QED) is 0.762. The monoisotopic (exact) mass is 237 g/mol. The van der Waals surface area contributed by atoms with Crippen molar-refractivity contribution >= 4 is 0 Å². The molecule has 0 radical (unpaired) electrons. The van der Waals surface area contributed by atoms with Crippen molar-refractivity contribution in [3.63, 3.8) is 0 Å². The van der Waals surface area contributed by atoms with E-state index < -0.39 is 5.60 Å². The van der Waals surface area contributed by atoms with Crippen molar-refractivity contribution in [3.8, 4) is 5.75 Å². The number of hydrogen-bond acceptors (Lipinski definition) is 3. The highest BCUT2D eigenvalue weighted by atomic mass is 16.5. The Labute approximate surface area is 104 Å². The van der Waals surface area contributed by atoms with Gasteiger partial charge in [-0.3, -0.25) is 0 Å². The van der Waals surface area contributed by atoms with Crippen LogP contribution < -0.4 is 10.1 Å². The van der Waals surface area contributed by atoms with Gasteiger partial charge in [-0.05, 0) is 37.6 Å². The van der Waals surface area contributed by atoms with Crippen molar-refractivity contribution in [2.45, 2.75) is 32.8 Å². The zero-order valence-corrected chi connectivity index (χ0v) is 11.0. The molecule has 0 saturated carbocycles. The fraction of sp³-hybridized carbons (Fsp3) is 0.571. The first-order valence-electron chi connectivity index (χ1n) is 6.22. The first-order chi connectivity index (χ1) is 8.07. The fourth-order valence-electron chi connectivity index (χ4n) is 1.54. The Morgan fingerprint density at radius 1 is 1.35 bits per heavy atom. The van der Waals surface area contributed by atoms with Crippen LogP contribution in [0.2, 0.25) is 0 Å². The molecule has 0 aliphatic carbocycles. The largest absolute Gasteiger partial charge is 0.491 e. The van der Waals surface area contributed by atoms with E-state index in [1.807, 2.05) is 25.1 Å². The van der Waals surface area contributed by atoms with Crippen molar-refractivity contribution in [2.24, 2.45) is 0 Å². The summed E-state index contributed by atoms with van der Waals surface area (Å²) in [7, 11) is 0. The molecule has 0 spiro atoms. The average Bonchev–Trinajstić information content (AvgIpc) is 2.34. The second-order valence-electron chi connectivity index (χ2n) is 4.57. The molecule has 0 fully saturated rings. The predicted molar refractivity (Wildman–Crippen MR) is 70.5 cm³/mol. The van der Waals surface area contributed by atoms with Crippen LogP contribution in [0.1, 0.15) is 26.3 Å². The zero-order chi connectivity index (χ0) is 12.7. The normalized spacial score (nSPS) is 14.4. The van der Waals surface area contributed by atoms with Gasteiger partial charge in [-0.15, -0.1) is 0 Å². The van der Waals surface area contributed by atoms with Gasteiger partial charge in [-0.1, -0.05) is 26.0 Å². The van der Waals surface area contributed by atoms with Crippen LogP contribution in [-0.2, 0) is 6.42 Å². The topological polar surface area (TPSA) is 41.5 Å². The number of aliphatic hydroxyl groups is 1. The molecule has 1 rings (SSSR count). The van der Waals surface area contributed by atoms with Crippen molar-refractivity contribution < 1.29 is 9.84 Å². The lowest BCUT2D eigenvalue weighted by Gasteiger charge is -2.23. The van der Waals surface area contributed by atoms with Gasteiger partial charge < -0.3 is 15.2 Å². The molecule has 1 atom stereocenters. The summed E-state index contributed by atoms with van der Waals surface area (Å²) in [6, 6.07) is 7.99. The maximum atomic E-state index is 10.0. The van der Waals surface area contributed by atoms with Crippen LogP contribution in [0.4, 0.5) is 0 Å². The lowest BCUT2D eigenvalue weighted by Crippen LogP contribution is -2.42. The number of likely N-dealkylation sites (N-methyl/N-ethyl adjacent to an activating group) is 1. The van der Waals surface area contributed by atoms with Crippen LogP contribution in [0.3, 0.4) is 0 Å². The maximum absolute atomic E-state index is 10.0. The van der Waals surface area contributed by atoms with Crippen LogP contribution in [-0.4, -0.2) is 30.4 Å². The Bertz CT molecular complexity index is 337. The SMILES string of the molecule is CCNCC(C)(O)COc1cccc(CC)c1. The molecule has 0 bridgehead atoms. The van der Waals surface area contributed by atoms with Gasteiger partial charge in [0.25, 0.3) is 0 Å². The van der Waals surface area contributed by atoms with Gasteiger partial charge in [0.2, 0.25) is 0 Å². The molecule has 0 aliphatic rings. The van der Waals surface area contributed by atoms with Crippen LogP contribution in [0.15, 0.2) is 24.3 Å². The Morgan fingerprint density at radius 3 is 2.76 bits per heavy atom.